The Morgan fingerprint density at radius 2 is 1.81 bits per heavy atom. The van der Waals surface area contributed by atoms with Crippen LogP contribution in [0.2, 0.25) is 0 Å². The van der Waals surface area contributed by atoms with Gasteiger partial charge in [-0.25, -0.2) is 0 Å². The first kappa shape index (κ1) is 14.8. The summed E-state index contributed by atoms with van der Waals surface area (Å²) < 4.78 is 5.11. The van der Waals surface area contributed by atoms with Crippen LogP contribution < -0.4 is 10.1 Å². The summed E-state index contributed by atoms with van der Waals surface area (Å²) in [5.74, 6) is -0.425. The Labute approximate surface area is 123 Å². The molecule has 4 heteroatoms. The highest BCUT2D eigenvalue weighted by molar-refractivity contribution is 6.42. The van der Waals surface area contributed by atoms with Gasteiger partial charge < -0.3 is 10.1 Å². The number of hydrogen-bond donors (Lipinski definition) is 1. The van der Waals surface area contributed by atoms with Gasteiger partial charge in [-0.15, -0.1) is 0 Å². The zero-order valence-corrected chi connectivity index (χ0v) is 12.1. The molecule has 0 saturated heterocycles. The highest BCUT2D eigenvalue weighted by Gasteiger charge is 2.15. The molecule has 0 heterocycles. The van der Waals surface area contributed by atoms with Gasteiger partial charge >= 0.3 is 0 Å². The number of ketones is 1. The number of nitrogens with one attached hydrogen (secondary N) is 1. The maximum Gasteiger partial charge on any atom is 0.292 e. The largest absolute Gasteiger partial charge is 0.497 e. The van der Waals surface area contributed by atoms with Crippen LogP contribution >= 0.6 is 0 Å². The molecule has 0 aliphatic carbocycles. The van der Waals surface area contributed by atoms with Crippen molar-refractivity contribution in [2.24, 2.45) is 0 Å². The van der Waals surface area contributed by atoms with Crippen molar-refractivity contribution < 1.29 is 14.3 Å². The number of carbonyl (C=O) groups is 2. The second kappa shape index (κ2) is 6.70. The van der Waals surface area contributed by atoms with Gasteiger partial charge in [0, 0.05) is 12.1 Å². The topological polar surface area (TPSA) is 55.4 Å². The smallest absolute Gasteiger partial charge is 0.292 e. The fourth-order valence-corrected chi connectivity index (χ4v) is 1.88. The SMILES string of the molecule is COc1cccc(CNC(=O)C(=O)c2ccc(C)cc2)c1. The third-order valence-electron chi connectivity index (χ3n) is 3.11. The summed E-state index contributed by atoms with van der Waals surface area (Å²) in [6.07, 6.45) is 0. The molecule has 0 fully saturated rings. The lowest BCUT2D eigenvalue weighted by atomic mass is 10.1. The van der Waals surface area contributed by atoms with Crippen molar-refractivity contribution in [1.29, 1.82) is 0 Å². The van der Waals surface area contributed by atoms with Gasteiger partial charge in [-0.2, -0.15) is 0 Å². The fraction of sp³-hybridized carbons (Fsp3) is 0.176. The minimum absolute atomic E-state index is 0.285. The van der Waals surface area contributed by atoms with E-state index in [1.54, 1.807) is 19.2 Å². The van der Waals surface area contributed by atoms with E-state index in [1.165, 1.54) is 0 Å². The number of carbonyl (C=O) groups excluding carboxylic acids is 2. The predicted octanol–water partition coefficient (Wildman–Crippen LogP) is 2.50. The van der Waals surface area contributed by atoms with Crippen molar-refractivity contribution in [1.82, 2.24) is 5.32 Å². The molecule has 1 amide bonds. The average Bonchev–Trinajstić information content (AvgIpc) is 2.53. The zero-order chi connectivity index (χ0) is 15.2. The summed E-state index contributed by atoms with van der Waals surface area (Å²) in [6, 6.07) is 14.3. The van der Waals surface area contributed by atoms with E-state index >= 15 is 0 Å². The molecule has 2 aromatic carbocycles. The van der Waals surface area contributed by atoms with Crippen LogP contribution in [0.1, 0.15) is 21.5 Å². The Kier molecular flexibility index (Phi) is 4.72. The number of ether oxygens (including phenoxy) is 1. The van der Waals surface area contributed by atoms with Crippen LogP contribution in [0.5, 0.6) is 5.75 Å². The second-order valence-corrected chi connectivity index (χ2v) is 4.73. The first-order valence-electron chi connectivity index (χ1n) is 6.62. The van der Waals surface area contributed by atoms with Crippen molar-refractivity contribution >= 4 is 11.7 Å². The van der Waals surface area contributed by atoms with E-state index in [2.05, 4.69) is 5.32 Å². The Morgan fingerprint density at radius 3 is 2.48 bits per heavy atom. The van der Waals surface area contributed by atoms with Crippen LogP contribution in [0.15, 0.2) is 48.5 Å². The molecular weight excluding hydrogens is 266 g/mol. The summed E-state index contributed by atoms with van der Waals surface area (Å²) in [5.41, 5.74) is 2.31. The molecule has 2 aromatic rings. The predicted molar refractivity (Wildman–Crippen MR) is 80.4 cm³/mol. The van der Waals surface area contributed by atoms with Crippen LogP contribution in [0.3, 0.4) is 0 Å². The molecule has 0 aliphatic heterocycles. The molecule has 0 radical (unpaired) electrons. The van der Waals surface area contributed by atoms with Gasteiger partial charge in [-0.3, -0.25) is 9.59 Å². The average molecular weight is 283 g/mol. The summed E-state index contributed by atoms with van der Waals surface area (Å²) in [5, 5.41) is 2.62. The second-order valence-electron chi connectivity index (χ2n) is 4.73. The number of Topliss-reactive ketones (excluding diaryl/α,β-unsaturated/α-hetero) is 1. The van der Waals surface area contributed by atoms with Gasteiger partial charge in [0.2, 0.25) is 5.78 Å². The normalized spacial score (nSPS) is 10.0. The number of aryl methyl sites for hydroxylation is 1. The summed E-state index contributed by atoms with van der Waals surface area (Å²) in [6.45, 7) is 2.21. The van der Waals surface area contributed by atoms with Gasteiger partial charge in [-0.05, 0) is 24.6 Å². The van der Waals surface area contributed by atoms with E-state index in [1.807, 2.05) is 43.3 Å². The van der Waals surface area contributed by atoms with E-state index in [9.17, 15) is 9.59 Å². The van der Waals surface area contributed by atoms with E-state index < -0.39 is 11.7 Å². The van der Waals surface area contributed by atoms with Crippen LogP contribution in [0.25, 0.3) is 0 Å². The summed E-state index contributed by atoms with van der Waals surface area (Å²) >= 11 is 0. The van der Waals surface area contributed by atoms with Gasteiger partial charge in [-0.1, -0.05) is 42.0 Å². The molecule has 0 bridgehead atoms. The minimum atomic E-state index is -0.610. The summed E-state index contributed by atoms with van der Waals surface area (Å²) in [7, 11) is 1.58. The van der Waals surface area contributed by atoms with Gasteiger partial charge in [0.05, 0.1) is 7.11 Å². The molecule has 0 saturated carbocycles. The maximum atomic E-state index is 12.0. The molecule has 108 valence electrons. The van der Waals surface area contributed by atoms with E-state index in [0.717, 1.165) is 11.1 Å². The third kappa shape index (κ3) is 3.92. The molecule has 1 N–H and O–H groups in total. The molecule has 0 aromatic heterocycles. The van der Waals surface area contributed by atoms with Crippen molar-refractivity contribution in [2.45, 2.75) is 13.5 Å². The molecule has 0 atom stereocenters. The van der Waals surface area contributed by atoms with Crippen LogP contribution in [0, 0.1) is 6.92 Å². The maximum absolute atomic E-state index is 12.0. The fourth-order valence-electron chi connectivity index (χ4n) is 1.88. The number of benzene rings is 2. The Hall–Kier alpha value is -2.62. The summed E-state index contributed by atoms with van der Waals surface area (Å²) in [4.78, 5) is 23.8. The molecular formula is C17H17NO3. The van der Waals surface area contributed by atoms with Crippen molar-refractivity contribution in [3.8, 4) is 5.75 Å². The number of amides is 1. The number of rotatable bonds is 5. The monoisotopic (exact) mass is 283 g/mol. The van der Waals surface area contributed by atoms with Gasteiger partial charge in [0.1, 0.15) is 5.75 Å². The first-order valence-corrected chi connectivity index (χ1v) is 6.62. The third-order valence-corrected chi connectivity index (χ3v) is 3.11. The van der Waals surface area contributed by atoms with Crippen LogP contribution in [-0.2, 0) is 11.3 Å². The van der Waals surface area contributed by atoms with Crippen molar-refractivity contribution in [3.63, 3.8) is 0 Å². The Balaban J connectivity index is 1.97. The van der Waals surface area contributed by atoms with Crippen molar-refractivity contribution in [3.05, 3.63) is 65.2 Å². The first-order chi connectivity index (χ1) is 10.1. The van der Waals surface area contributed by atoms with Gasteiger partial charge in [0.25, 0.3) is 5.91 Å². The van der Waals surface area contributed by atoms with E-state index in [-0.39, 0.29) is 6.54 Å². The lowest BCUT2D eigenvalue weighted by Gasteiger charge is -2.06. The quantitative estimate of drug-likeness (QED) is 0.677. The lowest BCUT2D eigenvalue weighted by Crippen LogP contribution is -2.30. The molecule has 0 unspecified atom stereocenters. The number of methoxy groups -OCH3 is 1. The zero-order valence-electron chi connectivity index (χ0n) is 12.1. The molecule has 0 aliphatic rings. The molecule has 0 spiro atoms. The van der Waals surface area contributed by atoms with Crippen molar-refractivity contribution in [2.75, 3.05) is 7.11 Å². The minimum Gasteiger partial charge on any atom is -0.497 e. The molecule has 21 heavy (non-hydrogen) atoms. The van der Waals surface area contributed by atoms with E-state index in [4.69, 9.17) is 4.74 Å². The molecule has 2 rings (SSSR count). The van der Waals surface area contributed by atoms with Crippen LogP contribution in [0.4, 0.5) is 0 Å². The highest BCUT2D eigenvalue weighted by atomic mass is 16.5. The van der Waals surface area contributed by atoms with E-state index in [0.29, 0.717) is 11.3 Å². The standard InChI is InChI=1S/C17H17NO3/c1-12-6-8-14(9-7-12)16(19)17(20)18-11-13-4-3-5-15(10-13)21-2/h3-10H,11H2,1-2H3,(H,18,20). The number of hydrogen-bond acceptors (Lipinski definition) is 3. The molecule has 4 nitrogen and oxygen atoms in total. The highest BCUT2D eigenvalue weighted by Crippen LogP contribution is 2.12. The van der Waals surface area contributed by atoms with Crippen LogP contribution in [-0.4, -0.2) is 18.8 Å². The lowest BCUT2D eigenvalue weighted by molar-refractivity contribution is -0.117. The van der Waals surface area contributed by atoms with Gasteiger partial charge in [0.15, 0.2) is 0 Å². The Morgan fingerprint density at radius 1 is 1.10 bits per heavy atom. The Bertz CT molecular complexity index is 647.